The van der Waals surface area contributed by atoms with Crippen molar-refractivity contribution < 1.29 is 9.59 Å². The molecule has 0 saturated heterocycles. The Morgan fingerprint density at radius 1 is 1.11 bits per heavy atom. The number of ketones is 1. The number of hydrogen-bond acceptors (Lipinski definition) is 3. The lowest BCUT2D eigenvalue weighted by molar-refractivity contribution is -0.116. The van der Waals surface area contributed by atoms with Crippen molar-refractivity contribution in [2.24, 2.45) is 0 Å². The summed E-state index contributed by atoms with van der Waals surface area (Å²) in [5, 5.41) is 6.06. The monoisotopic (exact) mass is 262 g/mol. The molecule has 1 amide bonds. The van der Waals surface area contributed by atoms with Crippen molar-refractivity contribution in [3.05, 3.63) is 29.8 Å². The molecule has 0 radical (unpaired) electrons. The van der Waals surface area contributed by atoms with E-state index in [4.69, 9.17) is 0 Å². The lowest BCUT2D eigenvalue weighted by Crippen LogP contribution is -2.37. The Bertz CT molecular complexity index is 444. The molecular formula is C15H22N2O2. The minimum Gasteiger partial charge on any atom is -0.326 e. The molecule has 1 aromatic carbocycles. The van der Waals surface area contributed by atoms with Gasteiger partial charge >= 0.3 is 0 Å². The molecule has 0 aliphatic carbocycles. The van der Waals surface area contributed by atoms with Gasteiger partial charge in [-0.15, -0.1) is 0 Å². The van der Waals surface area contributed by atoms with Crippen molar-refractivity contribution >= 4 is 17.4 Å². The predicted octanol–water partition coefficient (Wildman–Crippen LogP) is 2.61. The van der Waals surface area contributed by atoms with Gasteiger partial charge in [0.25, 0.3) is 0 Å². The zero-order chi connectivity index (χ0) is 14.5. The van der Waals surface area contributed by atoms with E-state index in [0.717, 1.165) is 0 Å². The number of benzene rings is 1. The van der Waals surface area contributed by atoms with E-state index in [0.29, 0.717) is 24.2 Å². The van der Waals surface area contributed by atoms with Gasteiger partial charge in [0.1, 0.15) is 0 Å². The molecule has 1 rings (SSSR count). The molecule has 0 aliphatic heterocycles. The number of anilines is 1. The topological polar surface area (TPSA) is 58.2 Å². The van der Waals surface area contributed by atoms with Crippen LogP contribution in [0.2, 0.25) is 0 Å². The number of Topliss-reactive ketones (excluding diaryl/α,β-unsaturated/α-hetero) is 1. The first kappa shape index (κ1) is 15.4. The zero-order valence-electron chi connectivity index (χ0n) is 12.0. The summed E-state index contributed by atoms with van der Waals surface area (Å²) in [5.74, 6) is -0.0143. The minimum absolute atomic E-state index is 0.0173. The van der Waals surface area contributed by atoms with Crippen LogP contribution in [-0.2, 0) is 4.79 Å². The van der Waals surface area contributed by atoms with Gasteiger partial charge in [-0.25, -0.2) is 0 Å². The third kappa shape index (κ3) is 6.15. The van der Waals surface area contributed by atoms with Crippen molar-refractivity contribution in [2.75, 3.05) is 11.9 Å². The Labute approximate surface area is 114 Å². The number of rotatable bonds is 5. The zero-order valence-corrected chi connectivity index (χ0v) is 12.0. The maximum atomic E-state index is 11.7. The fourth-order valence-electron chi connectivity index (χ4n) is 1.56. The Hall–Kier alpha value is -1.68. The van der Waals surface area contributed by atoms with E-state index in [1.807, 2.05) is 0 Å². The molecule has 0 atom stereocenters. The Morgan fingerprint density at radius 3 is 2.16 bits per heavy atom. The number of nitrogens with one attached hydrogen (secondary N) is 2. The molecule has 2 N–H and O–H groups in total. The molecule has 0 spiro atoms. The Kier molecular flexibility index (Phi) is 5.24. The van der Waals surface area contributed by atoms with Crippen molar-refractivity contribution in [1.29, 1.82) is 0 Å². The highest BCUT2D eigenvalue weighted by atomic mass is 16.1. The van der Waals surface area contributed by atoms with E-state index in [9.17, 15) is 9.59 Å². The Balaban J connectivity index is 2.42. The summed E-state index contributed by atoms with van der Waals surface area (Å²) in [6.07, 6.45) is 0.422. The van der Waals surface area contributed by atoms with Gasteiger partial charge in [-0.2, -0.15) is 0 Å². The number of hydrogen-bond donors (Lipinski definition) is 2. The highest BCUT2D eigenvalue weighted by Crippen LogP contribution is 2.10. The minimum atomic E-state index is -0.0349. The van der Waals surface area contributed by atoms with Crippen LogP contribution in [0.15, 0.2) is 24.3 Å². The van der Waals surface area contributed by atoms with Crippen LogP contribution >= 0.6 is 0 Å². The average Bonchev–Trinajstić information content (AvgIpc) is 2.27. The SMILES string of the molecule is CC(=O)c1ccc(NC(=O)CCNC(C)(C)C)cc1. The van der Waals surface area contributed by atoms with Gasteiger partial charge in [-0.1, -0.05) is 0 Å². The first-order chi connectivity index (χ1) is 8.78. The van der Waals surface area contributed by atoms with E-state index in [-0.39, 0.29) is 17.2 Å². The van der Waals surface area contributed by atoms with Gasteiger partial charge in [-0.3, -0.25) is 9.59 Å². The van der Waals surface area contributed by atoms with Crippen molar-refractivity contribution in [3.63, 3.8) is 0 Å². The number of amides is 1. The fourth-order valence-corrected chi connectivity index (χ4v) is 1.56. The maximum absolute atomic E-state index is 11.7. The highest BCUT2D eigenvalue weighted by molar-refractivity contribution is 5.95. The standard InChI is InChI=1S/C15H22N2O2/c1-11(18)12-5-7-13(8-6-12)17-14(19)9-10-16-15(2,3)4/h5-8,16H,9-10H2,1-4H3,(H,17,19). The summed E-state index contributed by atoms with van der Waals surface area (Å²) in [6.45, 7) is 8.34. The maximum Gasteiger partial charge on any atom is 0.225 e. The Morgan fingerprint density at radius 2 is 1.68 bits per heavy atom. The summed E-state index contributed by atoms with van der Waals surface area (Å²) in [4.78, 5) is 22.8. The molecule has 1 aromatic rings. The summed E-state index contributed by atoms with van der Waals surface area (Å²) < 4.78 is 0. The molecule has 0 bridgehead atoms. The molecule has 0 saturated carbocycles. The number of carbonyl (C=O) groups excluding carboxylic acids is 2. The second-order valence-corrected chi connectivity index (χ2v) is 5.61. The molecule has 104 valence electrons. The normalized spacial score (nSPS) is 11.2. The van der Waals surface area contributed by atoms with E-state index in [1.165, 1.54) is 6.92 Å². The molecule has 0 aliphatic rings. The van der Waals surface area contributed by atoms with Gasteiger partial charge in [-0.05, 0) is 52.0 Å². The predicted molar refractivity (Wildman–Crippen MR) is 77.4 cm³/mol. The highest BCUT2D eigenvalue weighted by Gasteiger charge is 2.09. The molecule has 0 aromatic heterocycles. The fraction of sp³-hybridized carbons (Fsp3) is 0.467. The van der Waals surface area contributed by atoms with Gasteiger partial charge in [0.05, 0.1) is 0 Å². The third-order valence-corrected chi connectivity index (χ3v) is 2.58. The summed E-state index contributed by atoms with van der Waals surface area (Å²) >= 11 is 0. The van der Waals surface area contributed by atoms with E-state index < -0.39 is 0 Å². The molecule has 0 heterocycles. The molecule has 4 heteroatoms. The largest absolute Gasteiger partial charge is 0.326 e. The second kappa shape index (κ2) is 6.48. The molecular weight excluding hydrogens is 240 g/mol. The van der Waals surface area contributed by atoms with E-state index in [2.05, 4.69) is 31.4 Å². The molecule has 0 fully saturated rings. The van der Waals surface area contributed by atoms with Gasteiger partial charge < -0.3 is 10.6 Å². The van der Waals surface area contributed by atoms with Crippen molar-refractivity contribution in [1.82, 2.24) is 5.32 Å². The van der Waals surface area contributed by atoms with Gasteiger partial charge in [0.15, 0.2) is 5.78 Å². The lowest BCUT2D eigenvalue weighted by atomic mass is 10.1. The van der Waals surface area contributed by atoms with E-state index >= 15 is 0 Å². The summed E-state index contributed by atoms with van der Waals surface area (Å²) in [6, 6.07) is 6.91. The van der Waals surface area contributed by atoms with Crippen LogP contribution in [0.25, 0.3) is 0 Å². The first-order valence-corrected chi connectivity index (χ1v) is 6.44. The number of carbonyl (C=O) groups is 2. The summed E-state index contributed by atoms with van der Waals surface area (Å²) in [7, 11) is 0. The van der Waals surface area contributed by atoms with Crippen molar-refractivity contribution in [3.8, 4) is 0 Å². The third-order valence-electron chi connectivity index (χ3n) is 2.58. The van der Waals surface area contributed by atoms with Gasteiger partial charge in [0, 0.05) is 29.8 Å². The van der Waals surface area contributed by atoms with Crippen LogP contribution in [0.3, 0.4) is 0 Å². The van der Waals surface area contributed by atoms with Crippen LogP contribution in [0.5, 0.6) is 0 Å². The quantitative estimate of drug-likeness (QED) is 0.802. The first-order valence-electron chi connectivity index (χ1n) is 6.44. The summed E-state index contributed by atoms with van der Waals surface area (Å²) in [5.41, 5.74) is 1.38. The lowest BCUT2D eigenvalue weighted by Gasteiger charge is -2.20. The van der Waals surface area contributed by atoms with E-state index in [1.54, 1.807) is 24.3 Å². The van der Waals surface area contributed by atoms with Gasteiger partial charge in [0.2, 0.25) is 5.91 Å². The second-order valence-electron chi connectivity index (χ2n) is 5.61. The van der Waals surface area contributed by atoms with Crippen LogP contribution in [0.4, 0.5) is 5.69 Å². The van der Waals surface area contributed by atoms with Crippen LogP contribution in [-0.4, -0.2) is 23.8 Å². The average molecular weight is 262 g/mol. The van der Waals surface area contributed by atoms with Crippen LogP contribution in [0, 0.1) is 0 Å². The molecule has 4 nitrogen and oxygen atoms in total. The smallest absolute Gasteiger partial charge is 0.225 e. The van der Waals surface area contributed by atoms with Crippen LogP contribution < -0.4 is 10.6 Å². The van der Waals surface area contributed by atoms with Crippen LogP contribution in [0.1, 0.15) is 44.5 Å². The van der Waals surface area contributed by atoms with Crippen molar-refractivity contribution in [2.45, 2.75) is 39.7 Å². The molecule has 0 unspecified atom stereocenters. The molecule has 19 heavy (non-hydrogen) atoms.